The summed E-state index contributed by atoms with van der Waals surface area (Å²) in [6, 6.07) is 4.72. The van der Waals surface area contributed by atoms with Crippen LogP contribution in [-0.4, -0.2) is 56.4 Å². The molecule has 10 heteroatoms. The number of β-amino-alcohol motifs (C(OH)–C–C–N with tert-alkyl or cyclic N) is 1. The van der Waals surface area contributed by atoms with Gasteiger partial charge in [0.15, 0.2) is 5.65 Å². The number of carbonyl (C=O) groups is 1. The molecule has 2 aromatic heterocycles. The molecule has 2 aliphatic rings. The molecular formula is C21H22F2N6O2. The highest BCUT2D eigenvalue weighted by Crippen LogP contribution is 2.34. The molecule has 2 aliphatic heterocycles. The number of aromatic nitrogens is 3. The van der Waals surface area contributed by atoms with E-state index in [1.54, 1.807) is 15.6 Å². The molecule has 1 unspecified atom stereocenters. The Bertz CT molecular complexity index is 1140. The van der Waals surface area contributed by atoms with Crippen LogP contribution in [0.4, 0.5) is 19.3 Å². The molecule has 3 N–H and O–H groups in total. The molecule has 0 spiro atoms. The highest BCUT2D eigenvalue weighted by Gasteiger charge is 2.30. The van der Waals surface area contributed by atoms with E-state index in [1.165, 1.54) is 12.3 Å². The van der Waals surface area contributed by atoms with Gasteiger partial charge in [-0.2, -0.15) is 5.10 Å². The van der Waals surface area contributed by atoms with Crippen molar-refractivity contribution in [2.75, 3.05) is 25.0 Å². The second kappa shape index (κ2) is 7.86. The van der Waals surface area contributed by atoms with E-state index < -0.39 is 17.7 Å². The number of halogens is 2. The number of hydrogen-bond donors (Lipinski definition) is 3. The Morgan fingerprint density at radius 2 is 2.16 bits per heavy atom. The van der Waals surface area contributed by atoms with E-state index in [2.05, 4.69) is 20.7 Å². The Morgan fingerprint density at radius 1 is 1.29 bits per heavy atom. The zero-order valence-corrected chi connectivity index (χ0v) is 16.6. The topological polar surface area (TPSA) is 94.8 Å². The van der Waals surface area contributed by atoms with Gasteiger partial charge in [0, 0.05) is 49.0 Å². The van der Waals surface area contributed by atoms with Crippen LogP contribution in [-0.2, 0) is 0 Å². The van der Waals surface area contributed by atoms with Gasteiger partial charge < -0.3 is 20.6 Å². The number of urea groups is 1. The zero-order valence-electron chi connectivity index (χ0n) is 16.6. The fourth-order valence-corrected chi connectivity index (χ4v) is 4.30. The molecule has 2 saturated heterocycles. The van der Waals surface area contributed by atoms with Gasteiger partial charge in [-0.3, -0.25) is 0 Å². The van der Waals surface area contributed by atoms with Crippen LogP contribution in [0, 0.1) is 11.6 Å². The van der Waals surface area contributed by atoms with Crippen molar-refractivity contribution >= 4 is 17.4 Å². The standard InChI is InChI=1S/C21H22F2N6O2/c22-13-1-2-16(23)15(8-13)18-7-12(9-24-18)17-4-6-29-20(26-17)19(10-25-29)27-21(31)28-5-3-14(30)11-28/h1-2,4,6,8,10,12,14,18,24,30H,3,5,7,9,11H2,(H,27,31)/t12?,14-,18+/m0/s1. The molecule has 4 heterocycles. The molecule has 1 aromatic carbocycles. The fourth-order valence-electron chi connectivity index (χ4n) is 4.30. The van der Waals surface area contributed by atoms with Crippen LogP contribution >= 0.6 is 0 Å². The van der Waals surface area contributed by atoms with E-state index in [0.717, 1.165) is 17.8 Å². The van der Waals surface area contributed by atoms with Crippen LogP contribution < -0.4 is 10.6 Å². The maximum Gasteiger partial charge on any atom is 0.322 e. The first-order valence-electron chi connectivity index (χ1n) is 10.2. The van der Waals surface area contributed by atoms with E-state index in [0.29, 0.717) is 49.4 Å². The van der Waals surface area contributed by atoms with E-state index in [4.69, 9.17) is 0 Å². The Hall–Kier alpha value is -3.11. The van der Waals surface area contributed by atoms with E-state index in [9.17, 15) is 18.7 Å². The second-order valence-corrected chi connectivity index (χ2v) is 8.06. The lowest BCUT2D eigenvalue weighted by atomic mass is 9.97. The van der Waals surface area contributed by atoms with Crippen LogP contribution in [0.5, 0.6) is 0 Å². The summed E-state index contributed by atoms with van der Waals surface area (Å²) in [6.07, 6.45) is 3.94. The van der Waals surface area contributed by atoms with E-state index >= 15 is 0 Å². The van der Waals surface area contributed by atoms with Gasteiger partial charge >= 0.3 is 6.03 Å². The highest BCUT2D eigenvalue weighted by atomic mass is 19.1. The molecule has 162 valence electrons. The van der Waals surface area contributed by atoms with Crippen molar-refractivity contribution in [2.24, 2.45) is 0 Å². The summed E-state index contributed by atoms with van der Waals surface area (Å²) in [7, 11) is 0. The highest BCUT2D eigenvalue weighted by molar-refractivity contribution is 5.93. The van der Waals surface area contributed by atoms with Crippen LogP contribution in [0.15, 0.2) is 36.7 Å². The Balaban J connectivity index is 1.35. The number of nitrogens with one attached hydrogen (secondary N) is 2. The summed E-state index contributed by atoms with van der Waals surface area (Å²) in [6.45, 7) is 1.37. The van der Waals surface area contributed by atoms with Crippen molar-refractivity contribution in [1.29, 1.82) is 0 Å². The smallest absolute Gasteiger partial charge is 0.322 e. The van der Waals surface area contributed by atoms with Crippen LogP contribution in [0.25, 0.3) is 5.65 Å². The minimum absolute atomic E-state index is 0.00449. The van der Waals surface area contributed by atoms with Crippen LogP contribution in [0.2, 0.25) is 0 Å². The summed E-state index contributed by atoms with van der Waals surface area (Å²) in [4.78, 5) is 18.7. The number of hydrogen-bond acceptors (Lipinski definition) is 5. The molecule has 2 amide bonds. The van der Waals surface area contributed by atoms with Crippen LogP contribution in [0.3, 0.4) is 0 Å². The van der Waals surface area contributed by atoms with Gasteiger partial charge in [-0.15, -0.1) is 0 Å². The third kappa shape index (κ3) is 3.84. The fraction of sp³-hybridized carbons (Fsp3) is 0.381. The van der Waals surface area contributed by atoms with Crippen LogP contribution in [0.1, 0.15) is 36.1 Å². The molecule has 31 heavy (non-hydrogen) atoms. The number of likely N-dealkylation sites (tertiary alicyclic amines) is 1. The summed E-state index contributed by atoms with van der Waals surface area (Å²) in [5.41, 5.74) is 2.08. The van der Waals surface area contributed by atoms with Crippen molar-refractivity contribution in [1.82, 2.24) is 24.8 Å². The molecule has 0 bridgehead atoms. The summed E-state index contributed by atoms with van der Waals surface area (Å²) >= 11 is 0. The molecule has 0 saturated carbocycles. The lowest BCUT2D eigenvalue weighted by Crippen LogP contribution is -2.33. The molecule has 5 rings (SSSR count). The lowest BCUT2D eigenvalue weighted by molar-refractivity contribution is 0.176. The third-order valence-electron chi connectivity index (χ3n) is 5.97. The van der Waals surface area contributed by atoms with Crippen molar-refractivity contribution in [3.8, 4) is 0 Å². The van der Waals surface area contributed by atoms with Gasteiger partial charge in [0.25, 0.3) is 0 Å². The number of benzene rings is 1. The number of fused-ring (bicyclic) bond motifs is 1. The molecule has 0 aliphatic carbocycles. The summed E-state index contributed by atoms with van der Waals surface area (Å²) < 4.78 is 29.3. The average Bonchev–Trinajstić information content (AvgIpc) is 3.50. The van der Waals surface area contributed by atoms with Gasteiger partial charge in [-0.25, -0.2) is 23.1 Å². The Labute approximate surface area is 176 Å². The van der Waals surface area contributed by atoms with Crippen molar-refractivity contribution < 1.29 is 18.7 Å². The predicted molar refractivity (Wildman–Crippen MR) is 109 cm³/mol. The molecule has 3 atom stereocenters. The Morgan fingerprint density at radius 3 is 2.97 bits per heavy atom. The maximum atomic E-state index is 14.2. The largest absolute Gasteiger partial charge is 0.391 e. The molecule has 2 fully saturated rings. The summed E-state index contributed by atoms with van der Waals surface area (Å²) in [5, 5.41) is 19.9. The van der Waals surface area contributed by atoms with Crippen molar-refractivity contribution in [2.45, 2.75) is 30.9 Å². The third-order valence-corrected chi connectivity index (χ3v) is 5.97. The first-order chi connectivity index (χ1) is 15.0. The van der Waals surface area contributed by atoms with Crippen molar-refractivity contribution in [3.63, 3.8) is 0 Å². The lowest BCUT2D eigenvalue weighted by Gasteiger charge is -2.16. The zero-order chi connectivity index (χ0) is 21.5. The number of aliphatic hydroxyl groups excluding tert-OH is 1. The molecule has 3 aromatic rings. The van der Waals surface area contributed by atoms with Gasteiger partial charge in [-0.05, 0) is 37.1 Å². The Kier molecular flexibility index (Phi) is 5.03. The predicted octanol–water partition coefficient (Wildman–Crippen LogP) is 2.42. The molecule has 0 radical (unpaired) electrons. The minimum Gasteiger partial charge on any atom is -0.391 e. The van der Waals surface area contributed by atoms with Gasteiger partial charge in [-0.1, -0.05) is 0 Å². The average molecular weight is 428 g/mol. The van der Waals surface area contributed by atoms with Gasteiger partial charge in [0.05, 0.1) is 12.3 Å². The summed E-state index contributed by atoms with van der Waals surface area (Å²) in [5.74, 6) is -0.896. The molecular weight excluding hydrogens is 406 g/mol. The first kappa shape index (κ1) is 19.8. The number of nitrogens with zero attached hydrogens (tertiary/aromatic N) is 4. The minimum atomic E-state index is -0.495. The maximum absolute atomic E-state index is 14.2. The number of amides is 2. The number of carbonyl (C=O) groups excluding carboxylic acids is 1. The second-order valence-electron chi connectivity index (χ2n) is 8.06. The van der Waals surface area contributed by atoms with E-state index in [-0.39, 0.29) is 18.0 Å². The number of rotatable bonds is 3. The SMILES string of the molecule is O=C(Nc1cnn2ccc(C3CN[C@@H](c4cc(F)ccc4F)C3)nc12)N1CC[C@H](O)C1. The van der Waals surface area contributed by atoms with Gasteiger partial charge in [0.2, 0.25) is 0 Å². The number of aliphatic hydroxyl groups is 1. The quantitative estimate of drug-likeness (QED) is 0.596. The monoisotopic (exact) mass is 428 g/mol. The first-order valence-corrected chi connectivity index (χ1v) is 10.2. The van der Waals surface area contributed by atoms with E-state index in [1.807, 2.05) is 6.07 Å². The molecule has 8 nitrogen and oxygen atoms in total. The number of anilines is 1. The van der Waals surface area contributed by atoms with Crippen molar-refractivity contribution in [3.05, 3.63) is 59.6 Å². The normalized spacial score (nSPS) is 23.6. The van der Waals surface area contributed by atoms with Gasteiger partial charge in [0.1, 0.15) is 17.3 Å².